The van der Waals surface area contributed by atoms with Crippen molar-refractivity contribution in [2.24, 2.45) is 0 Å². The van der Waals surface area contributed by atoms with E-state index in [1.165, 1.54) is 24.4 Å². The highest BCUT2D eigenvalue weighted by Crippen LogP contribution is 2.29. The number of nitrogens with zero attached hydrogens (tertiary/aromatic N) is 1. The number of hydrogen-bond acceptors (Lipinski definition) is 5. The maximum atomic E-state index is 12.9. The number of aromatic nitrogens is 1. The van der Waals surface area contributed by atoms with E-state index in [1.54, 1.807) is 13.0 Å². The van der Waals surface area contributed by atoms with Crippen LogP contribution in [0.3, 0.4) is 0 Å². The molecule has 0 aliphatic rings. The van der Waals surface area contributed by atoms with Gasteiger partial charge in [-0.25, -0.2) is 4.79 Å². The molecule has 2 heterocycles. The molecule has 2 aromatic heterocycles. The number of pyridine rings is 1. The van der Waals surface area contributed by atoms with Crippen molar-refractivity contribution >= 4 is 39.3 Å². The first-order valence-corrected chi connectivity index (χ1v) is 9.01. The Morgan fingerprint density at radius 3 is 2.46 bits per heavy atom. The molecule has 0 fully saturated rings. The fourth-order valence-electron chi connectivity index (χ4n) is 3.18. The molecule has 0 spiro atoms. The molecule has 0 aliphatic carbocycles. The number of fused-ring (bicyclic) bond motifs is 3. The van der Waals surface area contributed by atoms with E-state index in [0.717, 1.165) is 11.1 Å². The summed E-state index contributed by atoms with van der Waals surface area (Å²) in [4.78, 5) is 29.7. The van der Waals surface area contributed by atoms with Gasteiger partial charge in [0.25, 0.3) is 0 Å². The van der Waals surface area contributed by atoms with Crippen LogP contribution in [0.1, 0.15) is 32.6 Å². The first-order valence-electron chi connectivity index (χ1n) is 8.64. The summed E-state index contributed by atoms with van der Waals surface area (Å²) in [5.74, 6) is -0.656. The Balaban J connectivity index is 1.93. The van der Waals surface area contributed by atoms with Gasteiger partial charge in [0.05, 0.1) is 16.5 Å². The van der Waals surface area contributed by atoms with E-state index in [-0.39, 0.29) is 22.3 Å². The quantitative estimate of drug-likeness (QED) is 0.299. The summed E-state index contributed by atoms with van der Waals surface area (Å²) in [5, 5.41) is 11.4. The van der Waals surface area contributed by atoms with Gasteiger partial charge in [0, 0.05) is 22.2 Å². The van der Waals surface area contributed by atoms with Crippen molar-refractivity contribution in [1.82, 2.24) is 4.98 Å². The molecule has 0 bridgehead atoms. The van der Waals surface area contributed by atoms with E-state index in [2.05, 4.69) is 4.98 Å². The van der Waals surface area contributed by atoms with E-state index in [9.17, 15) is 14.7 Å². The van der Waals surface area contributed by atoms with Gasteiger partial charge >= 0.3 is 5.63 Å². The largest absolute Gasteiger partial charge is 0.507 e. The van der Waals surface area contributed by atoms with E-state index in [0.29, 0.717) is 27.1 Å². The Kier molecular flexibility index (Phi) is 4.20. The Hall–Kier alpha value is -3.18. The summed E-state index contributed by atoms with van der Waals surface area (Å²) in [5.41, 5.74) is 3.28. The zero-order chi connectivity index (χ0) is 20.2. The lowest BCUT2D eigenvalue weighted by atomic mass is 10.0. The van der Waals surface area contributed by atoms with Crippen molar-refractivity contribution in [2.75, 3.05) is 0 Å². The monoisotopic (exact) mass is 393 g/mol. The van der Waals surface area contributed by atoms with Gasteiger partial charge in [-0.3, -0.25) is 9.78 Å². The van der Waals surface area contributed by atoms with Crippen LogP contribution in [0.4, 0.5) is 0 Å². The molecule has 5 nitrogen and oxygen atoms in total. The van der Waals surface area contributed by atoms with E-state index >= 15 is 0 Å². The van der Waals surface area contributed by atoms with Gasteiger partial charge in [-0.1, -0.05) is 11.6 Å². The number of rotatable bonds is 2. The van der Waals surface area contributed by atoms with Gasteiger partial charge in [-0.15, -0.1) is 0 Å². The van der Waals surface area contributed by atoms with Crippen molar-refractivity contribution < 1.29 is 14.3 Å². The van der Waals surface area contributed by atoms with Crippen LogP contribution in [0.15, 0.2) is 45.7 Å². The highest BCUT2D eigenvalue weighted by molar-refractivity contribution is 6.32. The highest BCUT2D eigenvalue weighted by atomic mass is 35.5. The molecule has 0 atom stereocenters. The van der Waals surface area contributed by atoms with Gasteiger partial charge in [0.15, 0.2) is 5.78 Å². The molecule has 0 radical (unpaired) electrons. The average molecular weight is 394 g/mol. The molecule has 0 amide bonds. The molecule has 0 saturated carbocycles. The molecule has 2 aromatic carbocycles. The topological polar surface area (TPSA) is 80.4 Å². The number of hydrogen-bond donors (Lipinski definition) is 1. The second-order valence-electron chi connectivity index (χ2n) is 6.89. The van der Waals surface area contributed by atoms with Gasteiger partial charge in [0.2, 0.25) is 0 Å². The number of aromatic hydroxyl groups is 1. The summed E-state index contributed by atoms with van der Waals surface area (Å²) in [6.07, 6.45) is 1.39. The molecular formula is C22H16ClNO4. The van der Waals surface area contributed by atoms with Crippen LogP contribution in [-0.4, -0.2) is 15.9 Å². The van der Waals surface area contributed by atoms with Crippen LogP contribution < -0.4 is 5.63 Å². The van der Waals surface area contributed by atoms with Crippen LogP contribution in [-0.2, 0) is 0 Å². The number of halogens is 1. The van der Waals surface area contributed by atoms with E-state index in [1.807, 2.05) is 19.9 Å². The van der Waals surface area contributed by atoms with Crippen molar-refractivity contribution in [3.63, 3.8) is 0 Å². The zero-order valence-electron chi connectivity index (χ0n) is 15.5. The predicted molar refractivity (Wildman–Crippen MR) is 109 cm³/mol. The molecule has 4 aromatic rings. The van der Waals surface area contributed by atoms with Crippen LogP contribution in [0.25, 0.3) is 21.9 Å². The molecule has 28 heavy (non-hydrogen) atoms. The van der Waals surface area contributed by atoms with Crippen LogP contribution in [0.5, 0.6) is 5.75 Å². The minimum absolute atomic E-state index is 0.0494. The SMILES string of the molecule is Cc1cc2oc(=O)c3cc(C(=O)c4cc(Cl)c(C)cc4O)cnc3c2cc1C. The third-order valence-corrected chi connectivity index (χ3v) is 5.35. The first kappa shape index (κ1) is 18.2. The number of carbonyl (C=O) groups excluding carboxylic acids is 1. The Morgan fingerprint density at radius 2 is 1.71 bits per heavy atom. The minimum atomic E-state index is -0.570. The van der Waals surface area contributed by atoms with Crippen LogP contribution in [0.2, 0.25) is 5.02 Å². The van der Waals surface area contributed by atoms with Crippen molar-refractivity contribution in [3.8, 4) is 5.75 Å². The maximum Gasteiger partial charge on any atom is 0.345 e. The lowest BCUT2D eigenvalue weighted by molar-refractivity contribution is 0.103. The third-order valence-electron chi connectivity index (χ3n) is 4.95. The number of ketones is 1. The molecule has 140 valence electrons. The van der Waals surface area contributed by atoms with Crippen molar-refractivity contribution in [2.45, 2.75) is 20.8 Å². The normalized spacial score (nSPS) is 11.3. The lowest BCUT2D eigenvalue weighted by Gasteiger charge is -2.09. The number of carbonyl (C=O) groups is 1. The molecule has 0 saturated heterocycles. The zero-order valence-corrected chi connectivity index (χ0v) is 16.2. The molecule has 4 rings (SSSR count). The van der Waals surface area contributed by atoms with E-state index < -0.39 is 11.4 Å². The highest BCUT2D eigenvalue weighted by Gasteiger charge is 2.18. The smallest absolute Gasteiger partial charge is 0.345 e. The summed E-state index contributed by atoms with van der Waals surface area (Å²) in [7, 11) is 0. The van der Waals surface area contributed by atoms with Crippen LogP contribution >= 0.6 is 11.6 Å². The molecule has 0 aliphatic heterocycles. The average Bonchev–Trinajstić information content (AvgIpc) is 2.66. The maximum absolute atomic E-state index is 12.9. The van der Waals surface area contributed by atoms with Crippen molar-refractivity contribution in [3.05, 3.63) is 79.8 Å². The summed E-state index contributed by atoms with van der Waals surface area (Å²) in [6, 6.07) is 8.00. The molecule has 0 unspecified atom stereocenters. The number of phenolic OH excluding ortho intramolecular Hbond substituents is 1. The Bertz CT molecular complexity index is 1350. The fraction of sp³-hybridized carbons (Fsp3) is 0.136. The molecule has 6 heteroatoms. The van der Waals surface area contributed by atoms with Gasteiger partial charge < -0.3 is 9.52 Å². The van der Waals surface area contributed by atoms with E-state index in [4.69, 9.17) is 16.0 Å². The second kappa shape index (κ2) is 6.46. The molecule has 1 N–H and O–H groups in total. The first-order chi connectivity index (χ1) is 13.3. The van der Waals surface area contributed by atoms with Crippen LogP contribution in [0, 0.1) is 20.8 Å². The summed E-state index contributed by atoms with van der Waals surface area (Å²) < 4.78 is 5.43. The summed E-state index contributed by atoms with van der Waals surface area (Å²) >= 11 is 6.09. The lowest BCUT2D eigenvalue weighted by Crippen LogP contribution is -2.07. The Labute approximate surface area is 165 Å². The number of aryl methyl sites for hydroxylation is 3. The Morgan fingerprint density at radius 1 is 1.00 bits per heavy atom. The molecular weight excluding hydrogens is 378 g/mol. The van der Waals surface area contributed by atoms with Gasteiger partial charge in [-0.05, 0) is 67.8 Å². The fourth-order valence-corrected chi connectivity index (χ4v) is 3.34. The number of phenols is 1. The second-order valence-corrected chi connectivity index (χ2v) is 7.30. The van der Waals surface area contributed by atoms with Crippen molar-refractivity contribution in [1.29, 1.82) is 0 Å². The van der Waals surface area contributed by atoms with Gasteiger partial charge in [-0.2, -0.15) is 0 Å². The number of benzene rings is 2. The minimum Gasteiger partial charge on any atom is -0.507 e. The third kappa shape index (κ3) is 2.84. The standard InChI is InChI=1S/C22H16ClNO4/c1-10-4-15-19(6-11(10)2)28-22(27)16-7-13(9-24-20(15)16)21(26)14-8-17(23)12(3)5-18(14)25/h4-9,25H,1-3H3. The predicted octanol–water partition coefficient (Wildman–Crippen LogP) is 4.86. The summed E-state index contributed by atoms with van der Waals surface area (Å²) in [6.45, 7) is 5.63. The van der Waals surface area contributed by atoms with Gasteiger partial charge in [0.1, 0.15) is 11.3 Å².